The summed E-state index contributed by atoms with van der Waals surface area (Å²) < 4.78 is 3.17. The molecule has 0 heterocycles. The Labute approximate surface area is 140 Å². The maximum atomic E-state index is 2.46. The van der Waals surface area contributed by atoms with E-state index in [2.05, 4.69) is 77.1 Å². The van der Waals surface area contributed by atoms with Crippen LogP contribution in [0.5, 0.6) is 0 Å². The third-order valence-electron chi connectivity index (χ3n) is 3.80. The first kappa shape index (κ1) is 16.5. The molecule has 0 atom stereocenters. The van der Waals surface area contributed by atoms with Gasteiger partial charge in [0.1, 0.15) is 0 Å². The lowest BCUT2D eigenvalue weighted by molar-refractivity contribution is -0.599. The topological polar surface area (TPSA) is 0 Å². The number of halogens is 1. The summed E-state index contributed by atoms with van der Waals surface area (Å²) in [5.41, 5.74) is 4.65. The molecular formula is C20H26I+. The fourth-order valence-corrected chi connectivity index (χ4v) is 5.82. The van der Waals surface area contributed by atoms with Crippen molar-refractivity contribution in [3.63, 3.8) is 0 Å². The molecule has 0 aromatic heterocycles. The van der Waals surface area contributed by atoms with Crippen LogP contribution in [0.3, 0.4) is 0 Å². The molecule has 0 nitrogen and oxygen atoms in total. The standard InChI is InChI=1S/C20H26I/c1-6-16-12-17(14(2)3)13-19(15(4)5)20(16)21-18-10-8-7-9-11-18/h7-15H,6H2,1-5H3/q+1. The highest BCUT2D eigenvalue weighted by Crippen LogP contribution is 2.24. The normalized spacial score (nSPS) is 11.4. The molecule has 0 aliphatic carbocycles. The molecule has 0 bridgehead atoms. The molecule has 2 aromatic carbocycles. The quantitative estimate of drug-likeness (QED) is 0.686. The number of rotatable bonds is 5. The number of hydrogen-bond acceptors (Lipinski definition) is 0. The zero-order valence-electron chi connectivity index (χ0n) is 13.8. The Balaban J connectivity index is 2.51. The maximum absolute atomic E-state index is 2.46. The van der Waals surface area contributed by atoms with Crippen molar-refractivity contribution in [1.82, 2.24) is 0 Å². The van der Waals surface area contributed by atoms with Gasteiger partial charge in [-0.15, -0.1) is 0 Å². The lowest BCUT2D eigenvalue weighted by Gasteiger charge is -2.14. The molecule has 112 valence electrons. The zero-order valence-corrected chi connectivity index (χ0v) is 15.9. The molecule has 0 radical (unpaired) electrons. The summed E-state index contributed by atoms with van der Waals surface area (Å²) in [6.45, 7) is 11.5. The first-order valence-electron chi connectivity index (χ1n) is 7.89. The maximum Gasteiger partial charge on any atom is 0.358 e. The molecule has 21 heavy (non-hydrogen) atoms. The molecule has 0 N–H and O–H groups in total. The molecule has 1 heteroatoms. The van der Waals surface area contributed by atoms with Crippen molar-refractivity contribution in [2.24, 2.45) is 0 Å². The average molecular weight is 393 g/mol. The minimum absolute atomic E-state index is 0.0872. The van der Waals surface area contributed by atoms with Gasteiger partial charge in [-0.1, -0.05) is 65.0 Å². The van der Waals surface area contributed by atoms with Gasteiger partial charge >= 0.3 is 21.2 Å². The fraction of sp³-hybridized carbons (Fsp3) is 0.400. The molecule has 0 aliphatic heterocycles. The Morgan fingerprint density at radius 1 is 0.905 bits per heavy atom. The van der Waals surface area contributed by atoms with Gasteiger partial charge in [0.25, 0.3) is 0 Å². The molecule has 0 aliphatic rings. The molecule has 2 aromatic rings. The van der Waals surface area contributed by atoms with Gasteiger partial charge in [-0.05, 0) is 36.0 Å². The summed E-state index contributed by atoms with van der Waals surface area (Å²) in [6.07, 6.45) is 1.14. The van der Waals surface area contributed by atoms with Crippen LogP contribution < -0.4 is 21.2 Å². The van der Waals surface area contributed by atoms with Crippen LogP contribution in [0.2, 0.25) is 0 Å². The van der Waals surface area contributed by atoms with E-state index in [4.69, 9.17) is 0 Å². The van der Waals surface area contributed by atoms with E-state index < -0.39 is 0 Å². The van der Waals surface area contributed by atoms with Crippen molar-refractivity contribution >= 4 is 0 Å². The predicted molar refractivity (Wildman–Crippen MR) is 87.8 cm³/mol. The molecular weight excluding hydrogens is 367 g/mol. The summed E-state index contributed by atoms with van der Waals surface area (Å²) in [4.78, 5) is 0. The summed E-state index contributed by atoms with van der Waals surface area (Å²) in [6, 6.07) is 15.9. The predicted octanol–water partition coefficient (Wildman–Crippen LogP) is 2.62. The third kappa shape index (κ3) is 4.09. The first-order chi connectivity index (χ1) is 10.0. The van der Waals surface area contributed by atoms with Gasteiger partial charge in [0.2, 0.25) is 3.57 Å². The minimum Gasteiger partial charge on any atom is -0.0619 e. The highest BCUT2D eigenvalue weighted by molar-refractivity contribution is 5.33. The summed E-state index contributed by atoms with van der Waals surface area (Å²) in [5, 5.41) is 0. The van der Waals surface area contributed by atoms with E-state index in [0.29, 0.717) is 11.8 Å². The van der Waals surface area contributed by atoms with E-state index >= 15 is 0 Å². The number of hydrogen-bond donors (Lipinski definition) is 0. The van der Waals surface area contributed by atoms with Crippen LogP contribution in [0.25, 0.3) is 0 Å². The SMILES string of the molecule is CCc1cc(C(C)C)cc(C(C)C)c1[I+]c1ccccc1. The van der Waals surface area contributed by atoms with E-state index in [0.717, 1.165) is 6.42 Å². The highest BCUT2D eigenvalue weighted by atomic mass is 127. The monoisotopic (exact) mass is 393 g/mol. The Bertz CT molecular complexity index is 582. The van der Waals surface area contributed by atoms with Gasteiger partial charge in [0, 0.05) is 11.1 Å². The molecule has 0 amide bonds. The highest BCUT2D eigenvalue weighted by Gasteiger charge is 2.26. The summed E-state index contributed by atoms with van der Waals surface area (Å²) in [7, 11) is 0. The molecule has 0 saturated carbocycles. The van der Waals surface area contributed by atoms with Gasteiger partial charge in [0.15, 0.2) is 3.57 Å². The van der Waals surface area contributed by atoms with E-state index in [1.54, 1.807) is 14.7 Å². The van der Waals surface area contributed by atoms with Crippen LogP contribution in [0.1, 0.15) is 63.1 Å². The lowest BCUT2D eigenvalue weighted by atomic mass is 9.92. The van der Waals surface area contributed by atoms with Gasteiger partial charge in [-0.3, -0.25) is 0 Å². The number of aryl methyl sites for hydroxylation is 1. The smallest absolute Gasteiger partial charge is 0.0619 e. The van der Waals surface area contributed by atoms with E-state index in [1.165, 1.54) is 9.13 Å². The summed E-state index contributed by atoms with van der Waals surface area (Å²) in [5.74, 6) is 1.21. The molecule has 0 fully saturated rings. The van der Waals surface area contributed by atoms with Crippen LogP contribution in [0.4, 0.5) is 0 Å². The van der Waals surface area contributed by atoms with E-state index in [1.807, 2.05) is 0 Å². The van der Waals surface area contributed by atoms with Crippen molar-refractivity contribution in [1.29, 1.82) is 0 Å². The Hall–Kier alpha value is -0.830. The molecule has 2 rings (SSSR count). The largest absolute Gasteiger partial charge is 0.358 e. The van der Waals surface area contributed by atoms with Crippen LogP contribution in [-0.4, -0.2) is 0 Å². The van der Waals surface area contributed by atoms with Crippen molar-refractivity contribution in [2.75, 3.05) is 0 Å². The van der Waals surface area contributed by atoms with Crippen molar-refractivity contribution < 1.29 is 21.2 Å². The Morgan fingerprint density at radius 2 is 1.57 bits per heavy atom. The Kier molecular flexibility index (Phi) is 5.86. The average Bonchev–Trinajstić information content (AvgIpc) is 2.47. The second kappa shape index (κ2) is 7.44. The van der Waals surface area contributed by atoms with Gasteiger partial charge in [0.05, 0.1) is 0 Å². The van der Waals surface area contributed by atoms with Crippen LogP contribution >= 0.6 is 0 Å². The molecule has 0 saturated heterocycles. The summed E-state index contributed by atoms with van der Waals surface area (Å²) >= 11 is -0.0872. The van der Waals surface area contributed by atoms with Gasteiger partial charge < -0.3 is 0 Å². The minimum atomic E-state index is -0.0872. The van der Waals surface area contributed by atoms with Crippen LogP contribution in [-0.2, 0) is 6.42 Å². The van der Waals surface area contributed by atoms with Crippen molar-refractivity contribution in [3.05, 3.63) is 66.3 Å². The van der Waals surface area contributed by atoms with Gasteiger partial charge in [-0.2, -0.15) is 0 Å². The zero-order chi connectivity index (χ0) is 15.4. The molecule has 0 spiro atoms. The van der Waals surface area contributed by atoms with E-state index in [-0.39, 0.29) is 21.2 Å². The second-order valence-electron chi connectivity index (χ2n) is 6.14. The van der Waals surface area contributed by atoms with E-state index in [9.17, 15) is 0 Å². The number of benzene rings is 2. The third-order valence-corrected chi connectivity index (χ3v) is 7.00. The van der Waals surface area contributed by atoms with Crippen LogP contribution in [0.15, 0.2) is 42.5 Å². The fourth-order valence-electron chi connectivity index (χ4n) is 2.45. The van der Waals surface area contributed by atoms with Crippen LogP contribution in [0, 0.1) is 7.14 Å². The van der Waals surface area contributed by atoms with Gasteiger partial charge in [-0.25, -0.2) is 0 Å². The second-order valence-corrected chi connectivity index (χ2v) is 9.00. The molecule has 0 unspecified atom stereocenters. The Morgan fingerprint density at radius 3 is 2.10 bits per heavy atom. The van der Waals surface area contributed by atoms with Crippen molar-refractivity contribution in [3.8, 4) is 0 Å². The lowest BCUT2D eigenvalue weighted by Crippen LogP contribution is -3.62. The van der Waals surface area contributed by atoms with Crippen molar-refractivity contribution in [2.45, 2.75) is 52.9 Å². The first-order valence-corrected chi connectivity index (χ1v) is 10.0.